The van der Waals surface area contributed by atoms with Gasteiger partial charge >= 0.3 is 6.03 Å². The molecule has 0 aliphatic carbocycles. The minimum atomic E-state index is -0.634. The van der Waals surface area contributed by atoms with Crippen LogP contribution in [0.1, 0.15) is 24.2 Å². The van der Waals surface area contributed by atoms with E-state index < -0.39 is 6.10 Å². The van der Waals surface area contributed by atoms with Gasteiger partial charge in [0.2, 0.25) is 0 Å². The SMILES string of the molecule is Cc1cccc(NC(=O)Nc2ccccc2C(C)O)c1. The molecule has 0 saturated carbocycles. The largest absolute Gasteiger partial charge is 0.389 e. The lowest BCUT2D eigenvalue weighted by Gasteiger charge is -2.13. The normalized spacial score (nSPS) is 11.8. The molecule has 0 radical (unpaired) electrons. The number of rotatable bonds is 3. The Hall–Kier alpha value is -2.33. The first kappa shape index (κ1) is 14.1. The molecule has 0 heterocycles. The summed E-state index contributed by atoms with van der Waals surface area (Å²) in [7, 11) is 0. The number of aliphatic hydroxyl groups is 1. The maximum absolute atomic E-state index is 12.0. The predicted molar refractivity (Wildman–Crippen MR) is 80.9 cm³/mol. The molecular formula is C16H18N2O2. The number of carbonyl (C=O) groups is 1. The fourth-order valence-corrected chi connectivity index (χ4v) is 1.98. The third-order valence-electron chi connectivity index (χ3n) is 2.94. The molecule has 4 nitrogen and oxygen atoms in total. The van der Waals surface area contributed by atoms with Crippen molar-refractivity contribution in [3.63, 3.8) is 0 Å². The van der Waals surface area contributed by atoms with Crippen LogP contribution in [0.3, 0.4) is 0 Å². The summed E-state index contributed by atoms with van der Waals surface area (Å²) in [6.07, 6.45) is -0.634. The minimum Gasteiger partial charge on any atom is -0.389 e. The average molecular weight is 270 g/mol. The molecule has 4 heteroatoms. The van der Waals surface area contributed by atoms with E-state index in [-0.39, 0.29) is 6.03 Å². The first-order valence-electron chi connectivity index (χ1n) is 6.48. The molecule has 0 aliphatic heterocycles. The van der Waals surface area contributed by atoms with Gasteiger partial charge in [0.1, 0.15) is 0 Å². The van der Waals surface area contributed by atoms with Crippen LogP contribution in [0, 0.1) is 6.92 Å². The molecule has 20 heavy (non-hydrogen) atoms. The molecule has 2 aromatic rings. The van der Waals surface area contributed by atoms with Crippen molar-refractivity contribution in [2.24, 2.45) is 0 Å². The van der Waals surface area contributed by atoms with E-state index in [2.05, 4.69) is 10.6 Å². The summed E-state index contributed by atoms with van der Waals surface area (Å²) in [6.45, 7) is 3.63. The number of urea groups is 1. The number of para-hydroxylation sites is 1. The topological polar surface area (TPSA) is 61.4 Å². The third kappa shape index (κ3) is 3.59. The molecule has 3 N–H and O–H groups in total. The van der Waals surface area contributed by atoms with E-state index in [4.69, 9.17) is 0 Å². The van der Waals surface area contributed by atoms with Crippen LogP contribution in [0.4, 0.5) is 16.2 Å². The number of anilines is 2. The second-order valence-corrected chi connectivity index (χ2v) is 4.71. The van der Waals surface area contributed by atoms with Gasteiger partial charge < -0.3 is 15.7 Å². The van der Waals surface area contributed by atoms with Gasteiger partial charge in [0, 0.05) is 16.9 Å². The lowest BCUT2D eigenvalue weighted by molar-refractivity contribution is 0.200. The van der Waals surface area contributed by atoms with Gasteiger partial charge in [-0.05, 0) is 37.6 Å². The van der Waals surface area contributed by atoms with E-state index in [9.17, 15) is 9.90 Å². The van der Waals surface area contributed by atoms with Crippen LogP contribution in [0.15, 0.2) is 48.5 Å². The van der Waals surface area contributed by atoms with Crippen molar-refractivity contribution in [1.29, 1.82) is 0 Å². The maximum Gasteiger partial charge on any atom is 0.323 e. The van der Waals surface area contributed by atoms with Crippen molar-refractivity contribution >= 4 is 17.4 Å². The monoisotopic (exact) mass is 270 g/mol. The summed E-state index contributed by atoms with van der Waals surface area (Å²) in [4.78, 5) is 12.0. The van der Waals surface area contributed by atoms with Crippen LogP contribution < -0.4 is 10.6 Å². The molecule has 1 unspecified atom stereocenters. The van der Waals surface area contributed by atoms with Crippen LogP contribution in [-0.4, -0.2) is 11.1 Å². The van der Waals surface area contributed by atoms with Gasteiger partial charge in [-0.25, -0.2) is 4.79 Å². The Bertz CT molecular complexity index is 609. The molecule has 0 aromatic heterocycles. The zero-order valence-corrected chi connectivity index (χ0v) is 11.6. The van der Waals surface area contributed by atoms with Gasteiger partial charge in [-0.1, -0.05) is 30.3 Å². The number of amides is 2. The van der Waals surface area contributed by atoms with Gasteiger partial charge in [-0.15, -0.1) is 0 Å². The molecule has 0 bridgehead atoms. The molecule has 104 valence electrons. The smallest absolute Gasteiger partial charge is 0.323 e. The van der Waals surface area contributed by atoms with Crippen LogP contribution in [0.25, 0.3) is 0 Å². The molecule has 0 saturated heterocycles. The van der Waals surface area contributed by atoms with Gasteiger partial charge in [0.15, 0.2) is 0 Å². The summed E-state index contributed by atoms with van der Waals surface area (Å²) in [6, 6.07) is 14.4. The minimum absolute atomic E-state index is 0.330. The van der Waals surface area contributed by atoms with Crippen molar-refractivity contribution in [1.82, 2.24) is 0 Å². The lowest BCUT2D eigenvalue weighted by Crippen LogP contribution is -2.20. The van der Waals surface area contributed by atoms with Gasteiger partial charge in [-0.3, -0.25) is 0 Å². The van der Waals surface area contributed by atoms with Crippen molar-refractivity contribution in [3.8, 4) is 0 Å². The van der Waals surface area contributed by atoms with E-state index in [1.807, 2.05) is 43.3 Å². The number of nitrogens with one attached hydrogen (secondary N) is 2. The van der Waals surface area contributed by atoms with Gasteiger partial charge in [-0.2, -0.15) is 0 Å². The summed E-state index contributed by atoms with van der Waals surface area (Å²) in [5.41, 5.74) is 3.10. The molecular weight excluding hydrogens is 252 g/mol. The summed E-state index contributed by atoms with van der Waals surface area (Å²) in [5, 5.41) is 15.2. The standard InChI is InChI=1S/C16H18N2O2/c1-11-6-5-7-13(10-11)17-16(20)18-15-9-4-3-8-14(15)12(2)19/h3-10,12,19H,1-2H3,(H2,17,18,20). The number of aryl methyl sites for hydroxylation is 1. The molecule has 0 spiro atoms. The molecule has 2 rings (SSSR count). The fourth-order valence-electron chi connectivity index (χ4n) is 1.98. The quantitative estimate of drug-likeness (QED) is 0.796. The highest BCUT2D eigenvalue weighted by Crippen LogP contribution is 2.22. The second-order valence-electron chi connectivity index (χ2n) is 4.71. The second kappa shape index (κ2) is 6.21. The Balaban J connectivity index is 2.09. The number of aliphatic hydroxyl groups excluding tert-OH is 1. The van der Waals surface area contributed by atoms with Crippen LogP contribution >= 0.6 is 0 Å². The Kier molecular flexibility index (Phi) is 4.38. The Morgan fingerprint density at radius 1 is 1.10 bits per heavy atom. The van der Waals surface area contributed by atoms with Crippen LogP contribution in [0.5, 0.6) is 0 Å². The molecule has 2 aromatic carbocycles. The lowest BCUT2D eigenvalue weighted by atomic mass is 10.1. The van der Waals surface area contributed by atoms with Crippen molar-refractivity contribution in [2.75, 3.05) is 10.6 Å². The average Bonchev–Trinajstić information content (AvgIpc) is 2.38. The Morgan fingerprint density at radius 2 is 1.85 bits per heavy atom. The highest BCUT2D eigenvalue weighted by molar-refractivity contribution is 6.00. The van der Waals surface area contributed by atoms with Gasteiger partial charge in [0.25, 0.3) is 0 Å². The van der Waals surface area contributed by atoms with Gasteiger partial charge in [0.05, 0.1) is 6.10 Å². The van der Waals surface area contributed by atoms with E-state index >= 15 is 0 Å². The van der Waals surface area contributed by atoms with Crippen molar-refractivity contribution in [2.45, 2.75) is 20.0 Å². The fraction of sp³-hybridized carbons (Fsp3) is 0.188. The van der Waals surface area contributed by atoms with Crippen LogP contribution in [-0.2, 0) is 0 Å². The molecule has 1 atom stereocenters. The predicted octanol–water partition coefficient (Wildman–Crippen LogP) is 3.69. The van der Waals surface area contributed by atoms with E-state index in [0.29, 0.717) is 11.3 Å². The summed E-state index contributed by atoms with van der Waals surface area (Å²) >= 11 is 0. The molecule has 0 aliphatic rings. The highest BCUT2D eigenvalue weighted by atomic mass is 16.3. The number of hydrogen-bond donors (Lipinski definition) is 3. The first-order valence-corrected chi connectivity index (χ1v) is 6.48. The van der Waals surface area contributed by atoms with Crippen molar-refractivity contribution < 1.29 is 9.90 Å². The number of carbonyl (C=O) groups excluding carboxylic acids is 1. The van der Waals surface area contributed by atoms with E-state index in [0.717, 1.165) is 11.3 Å². The summed E-state index contributed by atoms with van der Waals surface area (Å²) < 4.78 is 0. The van der Waals surface area contributed by atoms with Crippen LogP contribution in [0.2, 0.25) is 0 Å². The number of benzene rings is 2. The zero-order chi connectivity index (χ0) is 14.5. The Labute approximate surface area is 118 Å². The van der Waals surface area contributed by atoms with E-state index in [1.165, 1.54) is 0 Å². The van der Waals surface area contributed by atoms with E-state index in [1.54, 1.807) is 19.1 Å². The third-order valence-corrected chi connectivity index (χ3v) is 2.94. The maximum atomic E-state index is 12.0. The Morgan fingerprint density at radius 3 is 2.55 bits per heavy atom. The molecule has 0 fully saturated rings. The number of hydrogen-bond acceptors (Lipinski definition) is 2. The highest BCUT2D eigenvalue weighted by Gasteiger charge is 2.10. The summed E-state index contributed by atoms with van der Waals surface area (Å²) in [5.74, 6) is 0. The molecule has 2 amide bonds. The van der Waals surface area contributed by atoms with Crippen molar-refractivity contribution in [3.05, 3.63) is 59.7 Å². The zero-order valence-electron chi connectivity index (χ0n) is 11.6. The first-order chi connectivity index (χ1) is 9.56.